The van der Waals surface area contributed by atoms with E-state index in [1.165, 1.54) is 0 Å². The molecule has 0 aromatic heterocycles. The third-order valence-corrected chi connectivity index (χ3v) is 6.02. The molecule has 2 amide bonds. The second kappa shape index (κ2) is 5.74. The second-order valence-electron chi connectivity index (χ2n) is 7.15. The summed E-state index contributed by atoms with van der Waals surface area (Å²) in [5.74, 6) is 0.288. The third-order valence-electron chi connectivity index (χ3n) is 5.77. The average Bonchev–Trinajstić information content (AvgIpc) is 3.40. The van der Waals surface area contributed by atoms with Crippen LogP contribution in [0.15, 0.2) is 24.3 Å². The lowest BCUT2D eigenvalue weighted by atomic mass is 9.84. The number of nitrogens with one attached hydrogen (secondary N) is 2. The zero-order chi connectivity index (χ0) is 16.8. The van der Waals surface area contributed by atoms with E-state index in [4.69, 9.17) is 11.6 Å². The number of likely N-dealkylation sites (tertiary alicyclic amines) is 1. The van der Waals surface area contributed by atoms with E-state index in [1.807, 2.05) is 29.2 Å². The Morgan fingerprint density at radius 1 is 1.04 bits per heavy atom. The van der Waals surface area contributed by atoms with Gasteiger partial charge in [-0.25, -0.2) is 0 Å². The normalized spacial score (nSPS) is 24.5. The molecule has 2 saturated heterocycles. The quantitative estimate of drug-likeness (QED) is 0.851. The molecule has 1 spiro atoms. The van der Waals surface area contributed by atoms with Crippen LogP contribution >= 0.6 is 11.6 Å². The van der Waals surface area contributed by atoms with Crippen LogP contribution in [-0.4, -0.2) is 48.4 Å². The number of nitrogens with zero attached hydrogens (tertiary/aromatic N) is 1. The van der Waals surface area contributed by atoms with E-state index < -0.39 is 5.54 Å². The first-order chi connectivity index (χ1) is 11.6. The first-order valence-electron chi connectivity index (χ1n) is 8.65. The topological polar surface area (TPSA) is 61.4 Å². The summed E-state index contributed by atoms with van der Waals surface area (Å²) in [6, 6.07) is 7.64. The lowest BCUT2D eigenvalue weighted by Gasteiger charge is -2.44. The van der Waals surface area contributed by atoms with E-state index in [9.17, 15) is 9.59 Å². The molecular weight excluding hydrogens is 326 g/mol. The summed E-state index contributed by atoms with van der Waals surface area (Å²) in [6.45, 7) is 2.75. The predicted octanol–water partition coefficient (Wildman–Crippen LogP) is 1.45. The van der Waals surface area contributed by atoms with Crippen molar-refractivity contribution < 1.29 is 9.59 Å². The molecule has 1 aromatic rings. The highest BCUT2D eigenvalue weighted by molar-refractivity contribution is 6.30. The molecule has 0 unspecified atom stereocenters. The van der Waals surface area contributed by atoms with Crippen LogP contribution in [0.5, 0.6) is 0 Å². The van der Waals surface area contributed by atoms with Gasteiger partial charge in [-0.3, -0.25) is 9.59 Å². The molecule has 0 atom stereocenters. The van der Waals surface area contributed by atoms with Gasteiger partial charge >= 0.3 is 0 Å². The van der Waals surface area contributed by atoms with E-state index in [2.05, 4.69) is 10.6 Å². The van der Waals surface area contributed by atoms with Gasteiger partial charge in [0, 0.05) is 31.2 Å². The Morgan fingerprint density at radius 3 is 2.29 bits per heavy atom. The zero-order valence-electron chi connectivity index (χ0n) is 13.6. The van der Waals surface area contributed by atoms with Crippen LogP contribution in [0.2, 0.25) is 5.02 Å². The van der Waals surface area contributed by atoms with Crippen LogP contribution < -0.4 is 10.6 Å². The third kappa shape index (κ3) is 2.50. The van der Waals surface area contributed by atoms with Gasteiger partial charge in [-0.15, -0.1) is 0 Å². The van der Waals surface area contributed by atoms with Gasteiger partial charge in [-0.2, -0.15) is 0 Å². The Kier molecular flexibility index (Phi) is 3.81. The lowest BCUT2D eigenvalue weighted by Crippen LogP contribution is -2.67. The van der Waals surface area contributed by atoms with Gasteiger partial charge in [0.2, 0.25) is 11.8 Å². The largest absolute Gasteiger partial charge is 0.353 e. The Bertz CT molecular complexity index is 661. The second-order valence-corrected chi connectivity index (χ2v) is 7.58. The first-order valence-corrected chi connectivity index (χ1v) is 9.02. The molecule has 5 nitrogen and oxygen atoms in total. The summed E-state index contributed by atoms with van der Waals surface area (Å²) in [5, 5.41) is 7.01. The van der Waals surface area contributed by atoms with Crippen molar-refractivity contribution in [2.75, 3.05) is 26.2 Å². The van der Waals surface area contributed by atoms with Gasteiger partial charge < -0.3 is 15.5 Å². The number of amides is 2. The van der Waals surface area contributed by atoms with Crippen LogP contribution in [0.3, 0.4) is 0 Å². The zero-order valence-corrected chi connectivity index (χ0v) is 14.4. The maximum absolute atomic E-state index is 13.1. The Morgan fingerprint density at radius 2 is 1.71 bits per heavy atom. The van der Waals surface area contributed by atoms with Crippen molar-refractivity contribution in [2.45, 2.75) is 36.6 Å². The van der Waals surface area contributed by atoms with Crippen molar-refractivity contribution in [3.63, 3.8) is 0 Å². The molecule has 6 heteroatoms. The number of piperazine rings is 1. The minimum absolute atomic E-state index is 0.0830. The van der Waals surface area contributed by atoms with E-state index in [0.29, 0.717) is 37.5 Å². The van der Waals surface area contributed by atoms with Gasteiger partial charge in [0.15, 0.2) is 0 Å². The molecule has 128 valence electrons. The number of halogens is 1. The molecule has 2 aliphatic heterocycles. The van der Waals surface area contributed by atoms with Crippen molar-refractivity contribution in [3.8, 4) is 0 Å². The molecule has 24 heavy (non-hydrogen) atoms. The predicted molar refractivity (Wildman–Crippen MR) is 91.9 cm³/mol. The van der Waals surface area contributed by atoms with E-state index >= 15 is 0 Å². The van der Waals surface area contributed by atoms with Gasteiger partial charge in [0.05, 0.1) is 5.41 Å². The highest BCUT2D eigenvalue weighted by atomic mass is 35.5. The number of carbonyl (C=O) groups is 2. The van der Waals surface area contributed by atoms with E-state index in [0.717, 1.165) is 24.9 Å². The molecule has 2 heterocycles. The minimum Gasteiger partial charge on any atom is -0.353 e. The molecule has 0 bridgehead atoms. The summed E-state index contributed by atoms with van der Waals surface area (Å²) in [7, 11) is 0. The molecule has 2 N–H and O–H groups in total. The summed E-state index contributed by atoms with van der Waals surface area (Å²) in [4.78, 5) is 27.3. The smallest absolute Gasteiger partial charge is 0.240 e. The maximum Gasteiger partial charge on any atom is 0.240 e. The summed E-state index contributed by atoms with van der Waals surface area (Å²) in [5.41, 5.74) is 0.217. The van der Waals surface area contributed by atoms with Crippen LogP contribution in [-0.2, 0) is 15.0 Å². The highest BCUT2D eigenvalue weighted by Gasteiger charge is 2.54. The fraction of sp³-hybridized carbons (Fsp3) is 0.556. The fourth-order valence-electron chi connectivity index (χ4n) is 4.05. The SMILES string of the molecule is O=C1NCCNC12CCN(C(=O)C1(c3ccc(Cl)cc3)CC1)CC2. The Balaban J connectivity index is 1.47. The van der Waals surface area contributed by atoms with Crippen LogP contribution in [0.25, 0.3) is 0 Å². The van der Waals surface area contributed by atoms with Gasteiger partial charge in [-0.05, 0) is 43.4 Å². The van der Waals surface area contributed by atoms with Gasteiger partial charge in [-0.1, -0.05) is 23.7 Å². The Labute approximate surface area is 146 Å². The van der Waals surface area contributed by atoms with Gasteiger partial charge in [0.1, 0.15) is 5.54 Å². The molecule has 1 aliphatic carbocycles. The summed E-state index contributed by atoms with van der Waals surface area (Å²) < 4.78 is 0. The van der Waals surface area contributed by atoms with E-state index in [-0.39, 0.29) is 17.2 Å². The highest BCUT2D eigenvalue weighted by Crippen LogP contribution is 2.50. The first kappa shape index (κ1) is 15.9. The van der Waals surface area contributed by atoms with Crippen molar-refractivity contribution in [1.29, 1.82) is 0 Å². The number of rotatable bonds is 2. The summed E-state index contributed by atoms with van der Waals surface area (Å²) >= 11 is 5.97. The van der Waals surface area contributed by atoms with Crippen LogP contribution in [0.4, 0.5) is 0 Å². The lowest BCUT2D eigenvalue weighted by molar-refractivity contribution is -0.140. The minimum atomic E-state index is -0.480. The van der Waals surface area contributed by atoms with Gasteiger partial charge in [0.25, 0.3) is 0 Å². The fourth-order valence-corrected chi connectivity index (χ4v) is 4.17. The molecule has 1 aromatic carbocycles. The molecular formula is C18H22ClN3O2. The maximum atomic E-state index is 13.1. The van der Waals surface area contributed by atoms with E-state index in [1.54, 1.807) is 0 Å². The molecule has 4 rings (SSSR count). The van der Waals surface area contributed by atoms with Crippen molar-refractivity contribution in [3.05, 3.63) is 34.9 Å². The monoisotopic (exact) mass is 347 g/mol. The molecule has 3 aliphatic rings. The van der Waals surface area contributed by atoms with Crippen molar-refractivity contribution in [2.24, 2.45) is 0 Å². The number of hydrogen-bond donors (Lipinski definition) is 2. The van der Waals surface area contributed by atoms with Crippen LogP contribution in [0.1, 0.15) is 31.2 Å². The number of benzene rings is 1. The Hall–Kier alpha value is -1.59. The van der Waals surface area contributed by atoms with Crippen molar-refractivity contribution in [1.82, 2.24) is 15.5 Å². The molecule has 0 radical (unpaired) electrons. The molecule has 3 fully saturated rings. The van der Waals surface area contributed by atoms with Crippen molar-refractivity contribution >= 4 is 23.4 Å². The standard InChI is InChI=1S/C18H22ClN3O2/c19-14-3-1-13(2-4-14)17(5-6-17)16(24)22-11-7-18(8-12-22)15(23)20-9-10-21-18/h1-4,21H,5-12H2,(H,20,23). The number of hydrogen-bond acceptors (Lipinski definition) is 3. The average molecular weight is 348 g/mol. The number of carbonyl (C=O) groups excluding carboxylic acids is 2. The molecule has 1 saturated carbocycles. The summed E-state index contributed by atoms with van der Waals surface area (Å²) in [6.07, 6.45) is 3.16. The number of piperidine rings is 1. The van der Waals surface area contributed by atoms with Crippen LogP contribution in [0, 0.1) is 0 Å².